The highest BCUT2D eigenvalue weighted by Gasteiger charge is 2.30. The first-order valence-corrected chi connectivity index (χ1v) is 8.21. The number of aromatic amines is 1. The zero-order valence-electron chi connectivity index (χ0n) is 14.5. The second kappa shape index (κ2) is 7.05. The van der Waals surface area contributed by atoms with E-state index in [2.05, 4.69) is 14.9 Å². The summed E-state index contributed by atoms with van der Waals surface area (Å²) in [7, 11) is 1.66. The second-order valence-electron chi connectivity index (χ2n) is 6.21. The molecule has 0 spiro atoms. The van der Waals surface area contributed by atoms with Gasteiger partial charge in [0.1, 0.15) is 5.75 Å². The fourth-order valence-electron chi connectivity index (χ4n) is 3.23. The number of amides is 1. The number of nitrogens with one attached hydrogen (secondary N) is 1. The van der Waals surface area contributed by atoms with E-state index in [1.54, 1.807) is 20.4 Å². The minimum atomic E-state index is 0.0569. The highest BCUT2D eigenvalue weighted by atomic mass is 16.5. The van der Waals surface area contributed by atoms with Crippen molar-refractivity contribution in [1.82, 2.24) is 19.8 Å². The quantitative estimate of drug-likeness (QED) is 0.934. The molecule has 24 heavy (non-hydrogen) atoms. The zero-order chi connectivity index (χ0) is 17.1. The molecule has 1 amide bonds. The Morgan fingerprint density at radius 3 is 2.67 bits per heavy atom. The number of imidazole rings is 1. The Hall–Kier alpha value is -2.34. The van der Waals surface area contributed by atoms with E-state index < -0.39 is 0 Å². The molecule has 1 fully saturated rings. The smallest absolute Gasteiger partial charge is 0.220 e. The SMILES string of the molecule is COc1ccc(C2CN(Cc3nc[nH]c3C)CCN2C(C)=O)cc1. The largest absolute Gasteiger partial charge is 0.497 e. The van der Waals surface area contributed by atoms with Gasteiger partial charge in [0.15, 0.2) is 0 Å². The van der Waals surface area contributed by atoms with E-state index in [0.717, 1.165) is 48.9 Å². The number of carbonyl (C=O) groups excluding carboxylic acids is 1. The molecular weight excluding hydrogens is 304 g/mol. The van der Waals surface area contributed by atoms with Crippen molar-refractivity contribution >= 4 is 5.91 Å². The van der Waals surface area contributed by atoms with Gasteiger partial charge in [0.2, 0.25) is 5.91 Å². The lowest BCUT2D eigenvalue weighted by molar-refractivity contribution is -0.134. The van der Waals surface area contributed by atoms with Crippen molar-refractivity contribution in [3.8, 4) is 5.75 Å². The standard InChI is InChI=1S/C18H24N4O2/c1-13-17(20-12-19-13)10-21-8-9-22(14(2)23)18(11-21)15-4-6-16(24-3)7-5-15/h4-7,12,18H,8-11H2,1-3H3,(H,19,20). The third-order valence-electron chi connectivity index (χ3n) is 4.68. The van der Waals surface area contributed by atoms with Gasteiger partial charge in [-0.1, -0.05) is 12.1 Å². The van der Waals surface area contributed by atoms with Gasteiger partial charge >= 0.3 is 0 Å². The molecule has 1 aromatic heterocycles. The van der Waals surface area contributed by atoms with E-state index in [4.69, 9.17) is 4.74 Å². The number of hydrogen-bond acceptors (Lipinski definition) is 4. The van der Waals surface area contributed by atoms with Crippen LogP contribution < -0.4 is 4.74 Å². The maximum absolute atomic E-state index is 12.0. The van der Waals surface area contributed by atoms with Crippen molar-refractivity contribution in [1.29, 1.82) is 0 Å². The number of methoxy groups -OCH3 is 1. The van der Waals surface area contributed by atoms with Gasteiger partial charge in [-0.05, 0) is 24.6 Å². The maximum Gasteiger partial charge on any atom is 0.220 e. The Labute approximate surface area is 142 Å². The molecule has 1 aromatic carbocycles. The topological polar surface area (TPSA) is 61.5 Å². The summed E-state index contributed by atoms with van der Waals surface area (Å²) in [5.74, 6) is 0.944. The van der Waals surface area contributed by atoms with E-state index >= 15 is 0 Å². The lowest BCUT2D eigenvalue weighted by Crippen LogP contribution is -2.49. The van der Waals surface area contributed by atoms with Crippen molar-refractivity contribution < 1.29 is 9.53 Å². The minimum Gasteiger partial charge on any atom is -0.497 e. The molecule has 1 atom stereocenters. The van der Waals surface area contributed by atoms with Crippen molar-refractivity contribution in [2.75, 3.05) is 26.7 Å². The number of hydrogen-bond donors (Lipinski definition) is 1. The molecule has 6 heteroatoms. The number of rotatable bonds is 4. The van der Waals surface area contributed by atoms with Crippen LogP contribution in [0.15, 0.2) is 30.6 Å². The first-order valence-electron chi connectivity index (χ1n) is 8.21. The summed E-state index contributed by atoms with van der Waals surface area (Å²) >= 11 is 0. The van der Waals surface area contributed by atoms with E-state index in [0.29, 0.717) is 0 Å². The average molecular weight is 328 g/mol. The number of nitrogens with zero attached hydrogens (tertiary/aromatic N) is 3. The van der Waals surface area contributed by atoms with E-state index in [-0.39, 0.29) is 11.9 Å². The van der Waals surface area contributed by atoms with Crippen LogP contribution in [0.5, 0.6) is 5.75 Å². The van der Waals surface area contributed by atoms with Crippen LogP contribution in [-0.4, -0.2) is 52.4 Å². The van der Waals surface area contributed by atoms with Crippen LogP contribution in [0.1, 0.15) is 29.9 Å². The monoisotopic (exact) mass is 328 g/mol. The van der Waals surface area contributed by atoms with Crippen LogP contribution >= 0.6 is 0 Å². The zero-order valence-corrected chi connectivity index (χ0v) is 14.5. The molecule has 0 radical (unpaired) electrons. The van der Waals surface area contributed by atoms with Crippen molar-refractivity contribution in [2.45, 2.75) is 26.4 Å². The van der Waals surface area contributed by atoms with Gasteiger partial charge in [0.25, 0.3) is 0 Å². The summed E-state index contributed by atoms with van der Waals surface area (Å²) in [6.45, 7) is 6.87. The third kappa shape index (κ3) is 3.43. The summed E-state index contributed by atoms with van der Waals surface area (Å²) in [5, 5.41) is 0. The summed E-state index contributed by atoms with van der Waals surface area (Å²) in [6.07, 6.45) is 1.73. The Balaban J connectivity index is 1.79. The van der Waals surface area contributed by atoms with Gasteiger partial charge in [-0.25, -0.2) is 4.98 Å². The van der Waals surface area contributed by atoms with Crippen molar-refractivity contribution in [3.63, 3.8) is 0 Å². The van der Waals surface area contributed by atoms with Gasteiger partial charge in [-0.2, -0.15) is 0 Å². The lowest BCUT2D eigenvalue weighted by atomic mass is 10.0. The Morgan fingerprint density at radius 2 is 2.08 bits per heavy atom. The average Bonchev–Trinajstić information content (AvgIpc) is 2.99. The van der Waals surface area contributed by atoms with Crippen LogP contribution in [0.3, 0.4) is 0 Å². The molecule has 1 N–H and O–H groups in total. The number of benzene rings is 1. The first-order chi connectivity index (χ1) is 11.6. The van der Waals surface area contributed by atoms with Gasteiger partial charge in [-0.15, -0.1) is 0 Å². The van der Waals surface area contributed by atoms with Gasteiger partial charge in [0, 0.05) is 38.8 Å². The first kappa shape index (κ1) is 16.5. The molecule has 2 aromatic rings. The van der Waals surface area contributed by atoms with Crippen LogP contribution in [0.25, 0.3) is 0 Å². The van der Waals surface area contributed by atoms with Crippen LogP contribution in [0, 0.1) is 6.92 Å². The van der Waals surface area contributed by atoms with E-state index in [1.807, 2.05) is 36.1 Å². The molecule has 0 aliphatic carbocycles. The summed E-state index contributed by atoms with van der Waals surface area (Å²) in [4.78, 5) is 23.9. The number of H-pyrrole nitrogens is 1. The minimum absolute atomic E-state index is 0.0569. The molecule has 1 aliphatic rings. The fraction of sp³-hybridized carbons (Fsp3) is 0.444. The third-order valence-corrected chi connectivity index (χ3v) is 4.68. The molecule has 0 bridgehead atoms. The van der Waals surface area contributed by atoms with Crippen LogP contribution in [0.2, 0.25) is 0 Å². The molecule has 1 aliphatic heterocycles. The highest BCUT2D eigenvalue weighted by Crippen LogP contribution is 2.28. The highest BCUT2D eigenvalue weighted by molar-refractivity contribution is 5.74. The Bertz CT molecular complexity index is 695. The number of piperazine rings is 1. The summed E-state index contributed by atoms with van der Waals surface area (Å²) < 4.78 is 5.23. The molecule has 128 valence electrons. The molecule has 1 saturated heterocycles. The Kier molecular flexibility index (Phi) is 4.85. The molecule has 1 unspecified atom stereocenters. The number of ether oxygens (including phenoxy) is 1. The molecular formula is C18H24N4O2. The van der Waals surface area contributed by atoms with Gasteiger partial charge in [-0.3, -0.25) is 9.69 Å². The van der Waals surface area contributed by atoms with Crippen LogP contribution in [0.4, 0.5) is 0 Å². The molecule has 0 saturated carbocycles. The predicted molar refractivity (Wildman–Crippen MR) is 91.7 cm³/mol. The fourth-order valence-corrected chi connectivity index (χ4v) is 3.23. The maximum atomic E-state index is 12.0. The van der Waals surface area contributed by atoms with Crippen molar-refractivity contribution in [2.24, 2.45) is 0 Å². The van der Waals surface area contributed by atoms with E-state index in [9.17, 15) is 4.79 Å². The van der Waals surface area contributed by atoms with Crippen LogP contribution in [-0.2, 0) is 11.3 Å². The van der Waals surface area contributed by atoms with Gasteiger partial charge in [0.05, 0.1) is 25.2 Å². The molecule has 6 nitrogen and oxygen atoms in total. The lowest BCUT2D eigenvalue weighted by Gasteiger charge is -2.41. The number of aromatic nitrogens is 2. The van der Waals surface area contributed by atoms with Gasteiger partial charge < -0.3 is 14.6 Å². The normalized spacial score (nSPS) is 18.6. The summed E-state index contributed by atoms with van der Waals surface area (Å²) in [6, 6.07) is 8.04. The molecule has 3 rings (SSSR count). The number of aryl methyl sites for hydroxylation is 1. The Morgan fingerprint density at radius 1 is 1.33 bits per heavy atom. The summed E-state index contributed by atoms with van der Waals surface area (Å²) in [5.41, 5.74) is 3.30. The van der Waals surface area contributed by atoms with Crippen molar-refractivity contribution in [3.05, 3.63) is 47.5 Å². The molecule has 2 heterocycles. The predicted octanol–water partition coefficient (Wildman–Crippen LogP) is 2.13. The number of carbonyl (C=O) groups is 1. The van der Waals surface area contributed by atoms with E-state index in [1.165, 1.54) is 0 Å². The second-order valence-corrected chi connectivity index (χ2v) is 6.21.